The zero-order valence-corrected chi connectivity index (χ0v) is 11.1. The monoisotopic (exact) mass is 253 g/mol. The fourth-order valence-electron chi connectivity index (χ4n) is 2.79. The van der Waals surface area contributed by atoms with Crippen molar-refractivity contribution in [3.63, 3.8) is 0 Å². The van der Waals surface area contributed by atoms with Gasteiger partial charge in [0.15, 0.2) is 0 Å². The molecular formula is C13H23N3O2. The lowest BCUT2D eigenvalue weighted by Gasteiger charge is -2.31. The van der Waals surface area contributed by atoms with E-state index < -0.39 is 0 Å². The first-order valence-corrected chi connectivity index (χ1v) is 6.92. The molecule has 2 fully saturated rings. The molecule has 5 nitrogen and oxygen atoms in total. The molecule has 2 amide bonds. The van der Waals surface area contributed by atoms with E-state index in [2.05, 4.69) is 17.6 Å². The standard InChI is InChI=1S/C13H23N3O2/c1-10(11-3-2-4-14-8-11)7-13(18)16-6-5-15-12(17)9-16/h10-11,14H,2-9H2,1H3,(H,15,17). The molecule has 2 aliphatic rings. The van der Waals surface area contributed by atoms with Crippen LogP contribution in [0.15, 0.2) is 0 Å². The average Bonchev–Trinajstić information content (AvgIpc) is 2.39. The Morgan fingerprint density at radius 2 is 2.33 bits per heavy atom. The summed E-state index contributed by atoms with van der Waals surface area (Å²) in [7, 11) is 0. The SMILES string of the molecule is CC(CC(=O)N1CCNC(=O)C1)C1CCCNC1. The maximum Gasteiger partial charge on any atom is 0.239 e. The van der Waals surface area contributed by atoms with Crippen LogP contribution in [0, 0.1) is 11.8 Å². The number of piperidine rings is 1. The first-order chi connectivity index (χ1) is 8.66. The summed E-state index contributed by atoms with van der Waals surface area (Å²) in [6, 6.07) is 0. The molecule has 102 valence electrons. The van der Waals surface area contributed by atoms with Crippen LogP contribution in [0.2, 0.25) is 0 Å². The van der Waals surface area contributed by atoms with Gasteiger partial charge < -0.3 is 15.5 Å². The van der Waals surface area contributed by atoms with E-state index in [0.29, 0.717) is 31.3 Å². The van der Waals surface area contributed by atoms with Gasteiger partial charge in [-0.1, -0.05) is 6.92 Å². The van der Waals surface area contributed by atoms with E-state index in [9.17, 15) is 9.59 Å². The van der Waals surface area contributed by atoms with E-state index in [4.69, 9.17) is 0 Å². The lowest BCUT2D eigenvalue weighted by Crippen LogP contribution is -2.50. The summed E-state index contributed by atoms with van der Waals surface area (Å²) in [5.41, 5.74) is 0. The van der Waals surface area contributed by atoms with Crippen molar-refractivity contribution in [3.8, 4) is 0 Å². The minimum absolute atomic E-state index is 0.0402. The minimum Gasteiger partial charge on any atom is -0.353 e. The molecule has 2 unspecified atom stereocenters. The third-order valence-electron chi connectivity index (χ3n) is 4.03. The summed E-state index contributed by atoms with van der Waals surface area (Å²) in [4.78, 5) is 25.1. The van der Waals surface area contributed by atoms with Crippen LogP contribution in [-0.4, -0.2) is 49.4 Å². The van der Waals surface area contributed by atoms with Crippen LogP contribution < -0.4 is 10.6 Å². The number of carbonyl (C=O) groups excluding carboxylic acids is 2. The van der Waals surface area contributed by atoms with Gasteiger partial charge in [0.2, 0.25) is 11.8 Å². The third-order valence-corrected chi connectivity index (χ3v) is 4.03. The highest BCUT2D eigenvalue weighted by Crippen LogP contribution is 2.23. The van der Waals surface area contributed by atoms with Gasteiger partial charge in [-0.3, -0.25) is 9.59 Å². The molecule has 2 heterocycles. The van der Waals surface area contributed by atoms with Gasteiger partial charge in [-0.15, -0.1) is 0 Å². The smallest absolute Gasteiger partial charge is 0.239 e. The number of rotatable bonds is 3. The highest BCUT2D eigenvalue weighted by Gasteiger charge is 2.26. The Bertz CT molecular complexity index is 313. The van der Waals surface area contributed by atoms with Crippen LogP contribution in [0.5, 0.6) is 0 Å². The van der Waals surface area contributed by atoms with E-state index in [1.807, 2.05) is 0 Å². The molecule has 2 aliphatic heterocycles. The van der Waals surface area contributed by atoms with Crippen LogP contribution in [-0.2, 0) is 9.59 Å². The second kappa shape index (κ2) is 6.18. The summed E-state index contributed by atoms with van der Waals surface area (Å²) < 4.78 is 0. The molecule has 18 heavy (non-hydrogen) atoms. The summed E-state index contributed by atoms with van der Waals surface area (Å²) in [6.45, 7) is 5.75. The Hall–Kier alpha value is -1.10. The topological polar surface area (TPSA) is 61.4 Å². The quantitative estimate of drug-likeness (QED) is 0.742. The van der Waals surface area contributed by atoms with Crippen molar-refractivity contribution in [1.82, 2.24) is 15.5 Å². The van der Waals surface area contributed by atoms with E-state index >= 15 is 0 Å². The van der Waals surface area contributed by atoms with Gasteiger partial charge in [-0.2, -0.15) is 0 Å². The number of amides is 2. The molecular weight excluding hydrogens is 230 g/mol. The number of piperazine rings is 1. The van der Waals surface area contributed by atoms with Crippen molar-refractivity contribution in [2.24, 2.45) is 11.8 Å². The molecule has 0 spiro atoms. The Morgan fingerprint density at radius 3 is 3.00 bits per heavy atom. The molecule has 2 rings (SSSR count). The number of nitrogens with one attached hydrogen (secondary N) is 2. The van der Waals surface area contributed by atoms with E-state index in [1.54, 1.807) is 4.90 Å². The fraction of sp³-hybridized carbons (Fsp3) is 0.846. The summed E-state index contributed by atoms with van der Waals surface area (Å²) in [5, 5.41) is 6.13. The van der Waals surface area contributed by atoms with Gasteiger partial charge in [0.05, 0.1) is 6.54 Å². The first kappa shape index (κ1) is 13.3. The number of hydrogen-bond acceptors (Lipinski definition) is 3. The minimum atomic E-state index is -0.0402. The first-order valence-electron chi connectivity index (χ1n) is 6.92. The van der Waals surface area contributed by atoms with Crippen LogP contribution in [0.1, 0.15) is 26.2 Å². The van der Waals surface area contributed by atoms with Crippen LogP contribution in [0.4, 0.5) is 0 Å². The maximum atomic E-state index is 12.1. The molecule has 0 aromatic heterocycles. The third kappa shape index (κ3) is 3.45. The van der Waals surface area contributed by atoms with Gasteiger partial charge in [0.25, 0.3) is 0 Å². The van der Waals surface area contributed by atoms with Crippen molar-refractivity contribution < 1.29 is 9.59 Å². The van der Waals surface area contributed by atoms with Crippen molar-refractivity contribution in [2.45, 2.75) is 26.2 Å². The number of nitrogens with zero attached hydrogens (tertiary/aromatic N) is 1. The highest BCUT2D eigenvalue weighted by atomic mass is 16.2. The van der Waals surface area contributed by atoms with E-state index in [1.165, 1.54) is 12.8 Å². The lowest BCUT2D eigenvalue weighted by molar-refractivity contribution is -0.139. The van der Waals surface area contributed by atoms with E-state index in [0.717, 1.165) is 13.1 Å². The molecule has 0 aromatic rings. The Balaban J connectivity index is 1.80. The summed E-state index contributed by atoms with van der Waals surface area (Å²) >= 11 is 0. The van der Waals surface area contributed by atoms with Crippen molar-refractivity contribution >= 4 is 11.8 Å². The normalized spacial score (nSPS) is 26.6. The predicted molar refractivity (Wildman–Crippen MR) is 69.0 cm³/mol. The number of carbonyl (C=O) groups is 2. The number of hydrogen-bond donors (Lipinski definition) is 2. The highest BCUT2D eigenvalue weighted by molar-refractivity contribution is 5.85. The lowest BCUT2D eigenvalue weighted by atomic mass is 9.85. The second-order valence-electron chi connectivity index (χ2n) is 5.45. The van der Waals surface area contributed by atoms with Crippen LogP contribution >= 0.6 is 0 Å². The van der Waals surface area contributed by atoms with Gasteiger partial charge in [-0.05, 0) is 37.8 Å². The maximum absolute atomic E-state index is 12.1. The fourth-order valence-corrected chi connectivity index (χ4v) is 2.79. The van der Waals surface area contributed by atoms with Crippen molar-refractivity contribution in [2.75, 3.05) is 32.7 Å². The summed E-state index contributed by atoms with van der Waals surface area (Å²) in [5.74, 6) is 1.08. The Kier molecular flexibility index (Phi) is 4.58. The van der Waals surface area contributed by atoms with Crippen molar-refractivity contribution in [1.29, 1.82) is 0 Å². The molecule has 5 heteroatoms. The molecule has 2 atom stereocenters. The molecule has 0 aromatic carbocycles. The zero-order chi connectivity index (χ0) is 13.0. The molecule has 0 aliphatic carbocycles. The van der Waals surface area contributed by atoms with Gasteiger partial charge in [0, 0.05) is 19.5 Å². The van der Waals surface area contributed by atoms with Crippen LogP contribution in [0.25, 0.3) is 0 Å². The Labute approximate surface area is 108 Å². The molecule has 2 saturated heterocycles. The summed E-state index contributed by atoms with van der Waals surface area (Å²) in [6.07, 6.45) is 2.98. The molecule has 2 N–H and O–H groups in total. The van der Waals surface area contributed by atoms with Gasteiger partial charge in [0.1, 0.15) is 0 Å². The van der Waals surface area contributed by atoms with Crippen LogP contribution in [0.3, 0.4) is 0 Å². The second-order valence-corrected chi connectivity index (χ2v) is 5.45. The zero-order valence-electron chi connectivity index (χ0n) is 11.1. The van der Waals surface area contributed by atoms with E-state index in [-0.39, 0.29) is 18.4 Å². The molecule has 0 bridgehead atoms. The largest absolute Gasteiger partial charge is 0.353 e. The van der Waals surface area contributed by atoms with Gasteiger partial charge in [-0.25, -0.2) is 0 Å². The Morgan fingerprint density at radius 1 is 1.50 bits per heavy atom. The van der Waals surface area contributed by atoms with Crippen molar-refractivity contribution in [3.05, 3.63) is 0 Å². The molecule has 0 radical (unpaired) electrons. The average molecular weight is 253 g/mol. The molecule has 0 saturated carbocycles. The predicted octanol–water partition coefficient (Wildman–Crippen LogP) is -0.0294. The van der Waals surface area contributed by atoms with Gasteiger partial charge >= 0.3 is 0 Å².